The highest BCUT2D eigenvalue weighted by atomic mass is 79.9. The quantitative estimate of drug-likeness (QED) is 0.0344. The Morgan fingerprint density at radius 3 is 1.09 bits per heavy atom. The highest BCUT2D eigenvalue weighted by Crippen LogP contribution is 2.59. The van der Waals surface area contributed by atoms with Crippen molar-refractivity contribution < 1.29 is 9.31 Å². The number of benzene rings is 6. The van der Waals surface area contributed by atoms with Crippen molar-refractivity contribution >= 4 is 81.9 Å². The molecule has 6 aromatic carbocycles. The molecule has 1 fully saturated rings. The van der Waals surface area contributed by atoms with Gasteiger partial charge in [0.2, 0.25) is 0 Å². The van der Waals surface area contributed by atoms with Gasteiger partial charge < -0.3 is 9.31 Å². The van der Waals surface area contributed by atoms with Crippen molar-refractivity contribution in [2.24, 2.45) is 0 Å². The van der Waals surface area contributed by atoms with Gasteiger partial charge in [0.1, 0.15) is 0 Å². The summed E-state index contributed by atoms with van der Waals surface area (Å²) in [6.07, 6.45) is 37.0. The topological polar surface area (TPSA) is 18.5 Å². The summed E-state index contributed by atoms with van der Waals surface area (Å²) in [5.74, 6) is 0. The fourth-order valence-corrected chi connectivity index (χ4v) is 15.2. The zero-order valence-electron chi connectivity index (χ0n) is 49.6. The third-order valence-corrected chi connectivity index (χ3v) is 20.6. The van der Waals surface area contributed by atoms with Crippen molar-refractivity contribution in [3.05, 3.63) is 133 Å². The van der Waals surface area contributed by atoms with E-state index in [1.165, 1.54) is 254 Å². The molecule has 1 heterocycles. The Morgan fingerprint density at radius 2 is 0.692 bits per heavy atom. The molecule has 2 aliphatic carbocycles. The van der Waals surface area contributed by atoms with Gasteiger partial charge in [-0.3, -0.25) is 0 Å². The maximum Gasteiger partial charge on any atom is 0.495 e. The molecule has 2 nitrogen and oxygen atoms in total. The number of hydrogen-bond donors (Lipinski definition) is 0. The van der Waals surface area contributed by atoms with E-state index in [0.717, 1.165) is 0 Å². The third kappa shape index (κ3) is 13.5. The lowest BCUT2D eigenvalue weighted by Crippen LogP contribution is -2.41. The molecule has 0 atom stereocenters. The van der Waals surface area contributed by atoms with Crippen LogP contribution in [0.1, 0.15) is 257 Å². The highest BCUT2D eigenvalue weighted by molar-refractivity contribution is 9.11. The zero-order chi connectivity index (χ0) is 55.3. The molecular formula is C72H96BBr3O2. The zero-order valence-corrected chi connectivity index (χ0v) is 54.3. The van der Waals surface area contributed by atoms with Gasteiger partial charge in [-0.15, -0.1) is 0 Å². The highest BCUT2D eigenvalue weighted by Gasteiger charge is 2.53. The fraction of sp³-hybridized carbons (Fsp3) is 0.556. The molecule has 9 rings (SSSR count). The van der Waals surface area contributed by atoms with Crippen molar-refractivity contribution in [2.75, 3.05) is 0 Å². The number of halogens is 3. The van der Waals surface area contributed by atoms with Gasteiger partial charge in [0.15, 0.2) is 0 Å². The number of unbranched alkanes of at least 4 members (excludes halogenated alkanes) is 20. The second kappa shape index (κ2) is 28.5. The molecule has 3 aliphatic rings. The summed E-state index contributed by atoms with van der Waals surface area (Å²) in [4.78, 5) is 0. The van der Waals surface area contributed by atoms with Crippen molar-refractivity contribution in [2.45, 2.75) is 257 Å². The minimum absolute atomic E-state index is 0.00633. The Labute approximate surface area is 499 Å². The molecule has 0 saturated carbocycles. The number of rotatable bonds is 29. The smallest absolute Gasteiger partial charge is 0.399 e. The summed E-state index contributed by atoms with van der Waals surface area (Å²) in [6, 6.07) is 37.1. The first-order chi connectivity index (χ1) is 37.8. The minimum atomic E-state index is -0.378. The first-order valence-electron chi connectivity index (χ1n) is 31.5. The lowest BCUT2D eigenvalue weighted by atomic mass is 9.67. The van der Waals surface area contributed by atoms with E-state index in [9.17, 15) is 0 Å². The van der Waals surface area contributed by atoms with Crippen LogP contribution < -0.4 is 5.46 Å². The van der Waals surface area contributed by atoms with Gasteiger partial charge in [-0.1, -0.05) is 296 Å². The molecule has 78 heavy (non-hydrogen) atoms. The first-order valence-corrected chi connectivity index (χ1v) is 33.9. The van der Waals surface area contributed by atoms with Crippen molar-refractivity contribution in [3.8, 4) is 22.3 Å². The van der Waals surface area contributed by atoms with E-state index in [-0.39, 0.29) is 29.2 Å². The van der Waals surface area contributed by atoms with E-state index in [1.54, 1.807) is 11.1 Å². The second-order valence-corrected chi connectivity index (χ2v) is 27.6. The molecule has 1 saturated heterocycles. The van der Waals surface area contributed by atoms with E-state index in [0.29, 0.717) is 0 Å². The van der Waals surface area contributed by atoms with Crippen LogP contribution in [0.15, 0.2) is 110 Å². The molecule has 0 radical (unpaired) electrons. The Kier molecular flexibility index (Phi) is 22.4. The largest absolute Gasteiger partial charge is 0.495 e. The molecule has 1 aliphatic heterocycles. The average Bonchev–Trinajstić information content (AvgIpc) is 4.19. The monoisotopic (exact) mass is 1240 g/mol. The molecule has 0 spiro atoms. The summed E-state index contributed by atoms with van der Waals surface area (Å²) >= 11 is 11.7. The van der Waals surface area contributed by atoms with Gasteiger partial charge in [-0.2, -0.15) is 0 Å². The van der Waals surface area contributed by atoms with Crippen LogP contribution in [0.2, 0.25) is 0 Å². The molecule has 420 valence electrons. The lowest BCUT2D eigenvalue weighted by Gasteiger charge is -2.33. The molecule has 0 unspecified atom stereocenters. The minimum Gasteiger partial charge on any atom is -0.399 e. The molecule has 0 N–H and O–H groups in total. The van der Waals surface area contributed by atoms with Crippen LogP contribution in [-0.2, 0) is 20.1 Å². The van der Waals surface area contributed by atoms with Crippen LogP contribution >= 0.6 is 47.8 Å². The van der Waals surface area contributed by atoms with Gasteiger partial charge in [0, 0.05) is 24.2 Å². The van der Waals surface area contributed by atoms with Crippen LogP contribution in [-0.4, -0.2) is 18.3 Å². The Balaban J connectivity index is 0.000000210. The van der Waals surface area contributed by atoms with Crippen molar-refractivity contribution in [1.29, 1.82) is 0 Å². The van der Waals surface area contributed by atoms with Gasteiger partial charge in [0.05, 0.1) is 11.2 Å². The Bertz CT molecular complexity index is 2850. The Morgan fingerprint density at radius 1 is 0.359 bits per heavy atom. The van der Waals surface area contributed by atoms with Crippen LogP contribution in [0.3, 0.4) is 0 Å². The van der Waals surface area contributed by atoms with Gasteiger partial charge >= 0.3 is 7.12 Å². The number of hydrogen-bond acceptors (Lipinski definition) is 2. The van der Waals surface area contributed by atoms with Gasteiger partial charge in [-0.25, -0.2) is 0 Å². The van der Waals surface area contributed by atoms with E-state index in [1.807, 2.05) is 0 Å². The van der Waals surface area contributed by atoms with Crippen LogP contribution in [0, 0.1) is 0 Å². The van der Waals surface area contributed by atoms with Gasteiger partial charge in [0.25, 0.3) is 0 Å². The molecule has 6 aromatic rings. The summed E-state index contributed by atoms with van der Waals surface area (Å²) in [5, 5.41) is 5.31. The Hall–Kier alpha value is -2.74. The normalized spacial score (nSPS) is 16.1. The molecule has 6 heteroatoms. The maximum absolute atomic E-state index is 6.72. The number of fused-ring (bicyclic) bond motifs is 10. The fourth-order valence-electron chi connectivity index (χ4n) is 13.9. The molecular weight excluding hydrogens is 1150 g/mol. The van der Waals surface area contributed by atoms with Crippen LogP contribution in [0.25, 0.3) is 43.8 Å². The van der Waals surface area contributed by atoms with E-state index in [2.05, 4.69) is 200 Å². The summed E-state index contributed by atoms with van der Waals surface area (Å²) in [7, 11) is -0.378. The van der Waals surface area contributed by atoms with Crippen LogP contribution in [0.5, 0.6) is 0 Å². The van der Waals surface area contributed by atoms with E-state index < -0.39 is 0 Å². The predicted molar refractivity (Wildman–Crippen MR) is 351 cm³/mol. The van der Waals surface area contributed by atoms with Crippen molar-refractivity contribution in [1.82, 2.24) is 0 Å². The summed E-state index contributed by atoms with van der Waals surface area (Å²) < 4.78 is 17.1. The molecule has 0 amide bonds. The van der Waals surface area contributed by atoms with E-state index >= 15 is 0 Å². The predicted octanol–water partition coefficient (Wildman–Crippen LogP) is 23.8. The first kappa shape index (κ1) is 61.3. The van der Waals surface area contributed by atoms with Gasteiger partial charge in [-0.05, 0) is 155 Å². The standard InChI is InChI=1S/C39H54BBrO2.C33H42Br2/c1-7-9-11-13-15-19-25-39(26-20-16-14-12-10-8-2)33-27-29(41)23-24-32(33)36-31-22-18-17-21-30(31)35(28-34(36)39)40-42-37(3,4)38(5,6)43-40;1-3-5-7-9-11-15-21-33(22-16-12-10-8-6-4-2)29-23-25(34)19-20-28(29)32-27-18-14-13-17-26(27)31(35)24-30(32)33/h17-18,21-24,27-28H,7-16,19-20,25-26H2,1-6H3;13-14,17-20,23-24H,3-12,15-16,21-22H2,1-2H3. The van der Waals surface area contributed by atoms with E-state index in [4.69, 9.17) is 9.31 Å². The SMILES string of the molecule is CCCCCCCCC1(CCCCCCCC)c2cc(Br)ccc2-c2c1cc(B1OC(C)(C)C(C)(C)O1)c1ccccc21.CCCCCCCCC1(CCCCCCCC)c2cc(Br)ccc2-c2c1cc(Br)c1ccccc21. The maximum atomic E-state index is 6.72. The molecule has 0 bridgehead atoms. The summed E-state index contributed by atoms with van der Waals surface area (Å²) in [6.45, 7) is 17.9. The van der Waals surface area contributed by atoms with Crippen molar-refractivity contribution in [3.63, 3.8) is 0 Å². The molecule has 0 aromatic heterocycles. The van der Waals surface area contributed by atoms with Crippen LogP contribution in [0.4, 0.5) is 0 Å². The third-order valence-electron chi connectivity index (χ3n) is 19.0. The second-order valence-electron chi connectivity index (χ2n) is 25.0. The average molecular weight is 1240 g/mol. The lowest BCUT2D eigenvalue weighted by molar-refractivity contribution is 0.00578. The summed E-state index contributed by atoms with van der Waals surface area (Å²) in [5.41, 5.74) is 12.5.